The van der Waals surface area contributed by atoms with Crippen molar-refractivity contribution in [3.63, 3.8) is 0 Å². The zero-order valence-electron chi connectivity index (χ0n) is 11.9. The first-order valence-corrected chi connectivity index (χ1v) is 8.72. The van der Waals surface area contributed by atoms with Crippen LogP contribution in [0.4, 0.5) is 0 Å². The number of alkyl halides is 1. The van der Waals surface area contributed by atoms with E-state index in [0.717, 1.165) is 47.7 Å². The Hall–Kier alpha value is -0.800. The number of aryl methyl sites for hydroxylation is 1. The van der Waals surface area contributed by atoms with Crippen LogP contribution in [0.15, 0.2) is 12.3 Å². The molecule has 0 radical (unpaired) electrons. The Bertz CT molecular complexity index is 667. The molecule has 0 N–H and O–H groups in total. The van der Waals surface area contributed by atoms with Crippen molar-refractivity contribution in [1.82, 2.24) is 14.5 Å². The van der Waals surface area contributed by atoms with Gasteiger partial charge in [-0.3, -0.25) is 0 Å². The molecule has 112 valence electrons. The van der Waals surface area contributed by atoms with E-state index >= 15 is 0 Å². The van der Waals surface area contributed by atoms with Gasteiger partial charge < -0.3 is 4.57 Å². The van der Waals surface area contributed by atoms with E-state index in [1.54, 1.807) is 6.20 Å². The van der Waals surface area contributed by atoms with Crippen LogP contribution in [0.5, 0.6) is 0 Å². The molecule has 0 amide bonds. The second kappa shape index (κ2) is 5.44. The average Bonchev–Trinajstić information content (AvgIpc) is 3.14. The molecule has 2 saturated carbocycles. The van der Waals surface area contributed by atoms with E-state index in [1.165, 1.54) is 25.7 Å². The molecule has 0 aromatic carbocycles. The summed E-state index contributed by atoms with van der Waals surface area (Å²) in [6.07, 6.45) is 8.16. The van der Waals surface area contributed by atoms with Gasteiger partial charge in [0.05, 0.1) is 5.02 Å². The first kappa shape index (κ1) is 13.8. The molecule has 5 heteroatoms. The zero-order valence-corrected chi connectivity index (χ0v) is 13.4. The minimum absolute atomic E-state index is 0.591. The Labute approximate surface area is 134 Å². The molecule has 3 unspecified atom stereocenters. The summed E-state index contributed by atoms with van der Waals surface area (Å²) >= 11 is 12.0. The maximum Gasteiger partial charge on any atom is 0.160 e. The summed E-state index contributed by atoms with van der Waals surface area (Å²) in [5, 5.41) is 0.643. The third-order valence-electron chi connectivity index (χ3n) is 5.25. The van der Waals surface area contributed by atoms with Gasteiger partial charge in [-0.05, 0) is 43.1 Å². The van der Waals surface area contributed by atoms with Crippen molar-refractivity contribution in [3.05, 3.63) is 23.1 Å². The van der Waals surface area contributed by atoms with Crippen LogP contribution in [0.25, 0.3) is 11.2 Å². The zero-order chi connectivity index (χ0) is 14.4. The van der Waals surface area contributed by atoms with E-state index in [-0.39, 0.29) is 0 Å². The molecule has 0 aliphatic heterocycles. The molecule has 2 aromatic heterocycles. The summed E-state index contributed by atoms with van der Waals surface area (Å²) in [7, 11) is 0. The van der Waals surface area contributed by atoms with E-state index in [0.29, 0.717) is 10.9 Å². The molecule has 21 heavy (non-hydrogen) atoms. The molecule has 2 aromatic rings. The predicted molar refractivity (Wildman–Crippen MR) is 85.9 cm³/mol. The van der Waals surface area contributed by atoms with Crippen molar-refractivity contribution in [2.45, 2.75) is 38.6 Å². The standard InChI is InChI=1S/C16H19Cl2N3/c17-4-3-15-20-14-7-13(18)8-19-16(14)21(15)9-12-6-10-1-2-11(12)5-10/h7-8,10-12H,1-6,9H2. The lowest BCUT2D eigenvalue weighted by Crippen LogP contribution is -2.19. The molecular formula is C16H19Cl2N3. The van der Waals surface area contributed by atoms with Crippen LogP contribution >= 0.6 is 23.2 Å². The molecule has 2 heterocycles. The van der Waals surface area contributed by atoms with Gasteiger partial charge in [0.25, 0.3) is 0 Å². The molecule has 2 aliphatic carbocycles. The highest BCUT2D eigenvalue weighted by atomic mass is 35.5. The van der Waals surface area contributed by atoms with Crippen molar-refractivity contribution < 1.29 is 0 Å². The third-order valence-corrected chi connectivity index (χ3v) is 5.65. The maximum absolute atomic E-state index is 6.04. The topological polar surface area (TPSA) is 30.7 Å². The molecular weight excluding hydrogens is 305 g/mol. The molecule has 4 rings (SSSR count). The Kier molecular flexibility index (Phi) is 3.58. The predicted octanol–water partition coefficient (Wildman–Crippen LogP) is 4.30. The van der Waals surface area contributed by atoms with Crippen molar-refractivity contribution in [2.75, 3.05) is 5.88 Å². The number of hydrogen-bond donors (Lipinski definition) is 0. The SMILES string of the molecule is ClCCc1nc2cc(Cl)cnc2n1CC1CC2CCC1C2. The van der Waals surface area contributed by atoms with Crippen LogP contribution < -0.4 is 0 Å². The minimum Gasteiger partial charge on any atom is -0.312 e. The molecule has 2 fully saturated rings. The van der Waals surface area contributed by atoms with Crippen molar-refractivity contribution >= 4 is 34.4 Å². The van der Waals surface area contributed by atoms with E-state index < -0.39 is 0 Å². The Morgan fingerprint density at radius 2 is 2.19 bits per heavy atom. The highest BCUT2D eigenvalue weighted by Crippen LogP contribution is 2.49. The summed E-state index contributed by atoms with van der Waals surface area (Å²) in [4.78, 5) is 9.21. The molecule has 2 bridgehead atoms. The number of halogens is 2. The number of imidazole rings is 1. The molecule has 0 saturated heterocycles. The fourth-order valence-corrected chi connectivity index (χ4v) is 4.66. The highest BCUT2D eigenvalue weighted by Gasteiger charge is 2.39. The van der Waals surface area contributed by atoms with Gasteiger partial charge in [-0.25, -0.2) is 9.97 Å². The van der Waals surface area contributed by atoms with E-state index in [9.17, 15) is 0 Å². The quantitative estimate of drug-likeness (QED) is 0.785. The number of rotatable bonds is 4. The normalized spacial score (nSPS) is 27.8. The van der Waals surface area contributed by atoms with Crippen LogP contribution in [-0.4, -0.2) is 20.4 Å². The summed E-state index contributed by atoms with van der Waals surface area (Å²) in [6.45, 7) is 1.04. The van der Waals surface area contributed by atoms with Crippen LogP contribution in [0.1, 0.15) is 31.5 Å². The van der Waals surface area contributed by atoms with Crippen molar-refractivity contribution in [1.29, 1.82) is 0 Å². The second-order valence-electron chi connectivity index (χ2n) is 6.51. The van der Waals surface area contributed by atoms with Crippen LogP contribution in [-0.2, 0) is 13.0 Å². The van der Waals surface area contributed by atoms with Crippen LogP contribution in [0.3, 0.4) is 0 Å². The van der Waals surface area contributed by atoms with Gasteiger partial charge >= 0.3 is 0 Å². The lowest BCUT2D eigenvalue weighted by Gasteiger charge is -2.23. The van der Waals surface area contributed by atoms with Gasteiger partial charge in [-0.15, -0.1) is 11.6 Å². The number of aromatic nitrogens is 3. The van der Waals surface area contributed by atoms with Crippen molar-refractivity contribution in [2.24, 2.45) is 17.8 Å². The summed E-state index contributed by atoms with van der Waals surface area (Å²) < 4.78 is 2.29. The van der Waals surface area contributed by atoms with Crippen LogP contribution in [0.2, 0.25) is 5.02 Å². The fourth-order valence-electron chi connectivity index (χ4n) is 4.34. The van der Waals surface area contributed by atoms with E-state index in [2.05, 4.69) is 9.55 Å². The van der Waals surface area contributed by atoms with Crippen LogP contribution in [0, 0.1) is 17.8 Å². The summed E-state index contributed by atoms with van der Waals surface area (Å²) in [5.41, 5.74) is 1.85. The van der Waals surface area contributed by atoms with E-state index in [4.69, 9.17) is 28.2 Å². The second-order valence-corrected chi connectivity index (χ2v) is 7.32. The number of pyridine rings is 1. The molecule has 3 atom stereocenters. The van der Waals surface area contributed by atoms with Gasteiger partial charge in [0.1, 0.15) is 11.3 Å². The smallest absolute Gasteiger partial charge is 0.160 e. The number of nitrogens with zero attached hydrogens (tertiary/aromatic N) is 3. The Morgan fingerprint density at radius 1 is 1.29 bits per heavy atom. The summed E-state index contributed by atoms with van der Waals surface area (Å²) in [5.74, 6) is 4.30. The lowest BCUT2D eigenvalue weighted by atomic mass is 9.89. The minimum atomic E-state index is 0.591. The van der Waals surface area contributed by atoms with Gasteiger partial charge in [-0.2, -0.15) is 0 Å². The number of fused-ring (bicyclic) bond motifs is 3. The first-order valence-electron chi connectivity index (χ1n) is 7.81. The Morgan fingerprint density at radius 3 is 2.90 bits per heavy atom. The largest absolute Gasteiger partial charge is 0.312 e. The first-order chi connectivity index (χ1) is 10.2. The molecule has 2 aliphatic rings. The van der Waals surface area contributed by atoms with Gasteiger partial charge in [-0.1, -0.05) is 18.0 Å². The Balaban J connectivity index is 1.70. The average molecular weight is 324 g/mol. The third kappa shape index (κ3) is 2.44. The van der Waals surface area contributed by atoms with E-state index in [1.807, 2.05) is 6.07 Å². The maximum atomic E-state index is 6.04. The van der Waals surface area contributed by atoms with Gasteiger partial charge in [0, 0.05) is 25.0 Å². The van der Waals surface area contributed by atoms with Gasteiger partial charge in [0.15, 0.2) is 5.65 Å². The highest BCUT2D eigenvalue weighted by molar-refractivity contribution is 6.31. The summed E-state index contributed by atoms with van der Waals surface area (Å²) in [6, 6.07) is 1.90. The van der Waals surface area contributed by atoms with Gasteiger partial charge in [0.2, 0.25) is 0 Å². The monoisotopic (exact) mass is 323 g/mol. The molecule has 0 spiro atoms. The number of hydrogen-bond acceptors (Lipinski definition) is 2. The molecule has 3 nitrogen and oxygen atoms in total. The lowest BCUT2D eigenvalue weighted by molar-refractivity contribution is 0.295. The fraction of sp³-hybridized carbons (Fsp3) is 0.625. The van der Waals surface area contributed by atoms with Crippen molar-refractivity contribution in [3.8, 4) is 0 Å².